The van der Waals surface area contributed by atoms with E-state index in [0.717, 1.165) is 18.2 Å². The minimum Gasteiger partial charge on any atom is -0.486 e. The largest absolute Gasteiger partial charge is 0.486 e. The maximum Gasteiger partial charge on any atom is 0.254 e. The second-order valence-electron chi connectivity index (χ2n) is 6.44. The molecule has 0 unspecified atom stereocenters. The first-order valence-electron chi connectivity index (χ1n) is 9.33. The average Bonchev–Trinajstić information content (AvgIpc) is 2.72. The molecule has 0 fully saturated rings. The van der Waals surface area contributed by atoms with E-state index < -0.39 is 27.9 Å². The van der Waals surface area contributed by atoms with Crippen LogP contribution in [0.2, 0.25) is 0 Å². The molecule has 1 aliphatic rings. The van der Waals surface area contributed by atoms with Gasteiger partial charge in [-0.3, -0.25) is 4.79 Å². The van der Waals surface area contributed by atoms with Crippen LogP contribution in [0.3, 0.4) is 0 Å². The summed E-state index contributed by atoms with van der Waals surface area (Å²) in [6.45, 7) is 4.29. The van der Waals surface area contributed by atoms with Crippen LogP contribution in [0.1, 0.15) is 24.2 Å². The summed E-state index contributed by atoms with van der Waals surface area (Å²) in [7, 11) is -3.80. The summed E-state index contributed by atoms with van der Waals surface area (Å²) in [5, 5.41) is 2.58. The van der Waals surface area contributed by atoms with Crippen LogP contribution in [0, 0.1) is 5.82 Å². The fourth-order valence-electron chi connectivity index (χ4n) is 3.02. The minimum atomic E-state index is -3.80. The van der Waals surface area contributed by atoms with Gasteiger partial charge in [-0.05, 0) is 30.3 Å². The maximum atomic E-state index is 14.2. The molecule has 0 saturated heterocycles. The minimum absolute atomic E-state index is 0.0830. The molecular weight excluding hydrogens is 399 g/mol. The lowest BCUT2D eigenvalue weighted by Crippen LogP contribution is -2.41. The van der Waals surface area contributed by atoms with Gasteiger partial charge < -0.3 is 14.8 Å². The van der Waals surface area contributed by atoms with Crippen molar-refractivity contribution < 1.29 is 27.1 Å². The number of sulfonamides is 1. The fraction of sp³-hybridized carbons (Fsp3) is 0.350. The lowest BCUT2D eigenvalue weighted by molar-refractivity contribution is 0.0787. The number of carbonyl (C=O) groups is 1. The predicted molar refractivity (Wildman–Crippen MR) is 105 cm³/mol. The zero-order valence-electron chi connectivity index (χ0n) is 16.2. The number of ether oxygens (including phenoxy) is 2. The number of hydrogen-bond acceptors (Lipinski definition) is 5. The highest BCUT2D eigenvalue weighted by Crippen LogP contribution is 2.30. The van der Waals surface area contributed by atoms with Gasteiger partial charge in [0.25, 0.3) is 5.91 Å². The molecule has 1 N–H and O–H groups in total. The summed E-state index contributed by atoms with van der Waals surface area (Å²) in [4.78, 5) is 12.4. The van der Waals surface area contributed by atoms with E-state index in [2.05, 4.69) is 5.32 Å². The number of amides is 1. The van der Waals surface area contributed by atoms with E-state index in [-0.39, 0.29) is 36.7 Å². The summed E-state index contributed by atoms with van der Waals surface area (Å²) in [5.74, 6) is -0.333. The van der Waals surface area contributed by atoms with Crippen molar-refractivity contribution in [2.45, 2.75) is 24.8 Å². The van der Waals surface area contributed by atoms with E-state index in [0.29, 0.717) is 11.5 Å². The lowest BCUT2D eigenvalue weighted by Gasteiger charge is -2.26. The molecule has 2 aromatic rings. The molecule has 156 valence electrons. The third-order valence-corrected chi connectivity index (χ3v) is 6.63. The first kappa shape index (κ1) is 21.1. The van der Waals surface area contributed by atoms with Crippen LogP contribution in [-0.2, 0) is 10.0 Å². The van der Waals surface area contributed by atoms with Crippen molar-refractivity contribution in [1.82, 2.24) is 9.62 Å². The number of hydrogen-bond donors (Lipinski definition) is 1. The van der Waals surface area contributed by atoms with Crippen molar-refractivity contribution >= 4 is 15.9 Å². The smallest absolute Gasteiger partial charge is 0.254 e. The molecule has 29 heavy (non-hydrogen) atoms. The quantitative estimate of drug-likeness (QED) is 0.741. The van der Waals surface area contributed by atoms with Gasteiger partial charge in [-0.1, -0.05) is 26.0 Å². The van der Waals surface area contributed by atoms with Crippen LogP contribution in [0.15, 0.2) is 47.4 Å². The van der Waals surface area contributed by atoms with Gasteiger partial charge in [-0.15, -0.1) is 0 Å². The standard InChI is InChI=1S/C20H23FN2O5S/c1-3-23(4-2)29(25,26)15-9-10-17(21)16(11-15)20(24)22-12-14-13-27-18-7-5-6-8-19(18)28-14/h5-11,14H,3-4,12-13H2,1-2H3,(H,22,24)/t14-/m1/s1. The molecule has 0 aromatic heterocycles. The highest BCUT2D eigenvalue weighted by molar-refractivity contribution is 7.89. The van der Waals surface area contributed by atoms with Crippen molar-refractivity contribution in [2.24, 2.45) is 0 Å². The van der Waals surface area contributed by atoms with Crippen molar-refractivity contribution in [1.29, 1.82) is 0 Å². The molecule has 7 nitrogen and oxygen atoms in total. The first-order chi connectivity index (χ1) is 13.9. The van der Waals surface area contributed by atoms with Crippen LogP contribution < -0.4 is 14.8 Å². The van der Waals surface area contributed by atoms with Gasteiger partial charge in [-0.25, -0.2) is 12.8 Å². The third kappa shape index (κ3) is 4.51. The molecule has 2 aromatic carbocycles. The molecule has 1 heterocycles. The molecule has 0 bridgehead atoms. The van der Waals surface area contributed by atoms with Crippen molar-refractivity contribution in [3.05, 3.63) is 53.8 Å². The van der Waals surface area contributed by atoms with E-state index in [9.17, 15) is 17.6 Å². The second-order valence-corrected chi connectivity index (χ2v) is 8.38. The van der Waals surface area contributed by atoms with E-state index in [4.69, 9.17) is 9.47 Å². The summed E-state index contributed by atoms with van der Waals surface area (Å²) >= 11 is 0. The number of halogens is 1. The topological polar surface area (TPSA) is 84.9 Å². The van der Waals surface area contributed by atoms with Crippen molar-refractivity contribution in [2.75, 3.05) is 26.2 Å². The number of benzene rings is 2. The Kier molecular flexibility index (Phi) is 6.39. The zero-order chi connectivity index (χ0) is 21.0. The van der Waals surface area contributed by atoms with Crippen LogP contribution >= 0.6 is 0 Å². The highest BCUT2D eigenvalue weighted by atomic mass is 32.2. The predicted octanol–water partition coefficient (Wildman–Crippen LogP) is 2.43. The van der Waals surface area contributed by atoms with Crippen molar-refractivity contribution in [3.8, 4) is 11.5 Å². The second kappa shape index (κ2) is 8.79. The molecular formula is C20H23FN2O5S. The Morgan fingerprint density at radius 1 is 1.17 bits per heavy atom. The van der Waals surface area contributed by atoms with E-state index in [1.54, 1.807) is 32.0 Å². The third-order valence-electron chi connectivity index (χ3n) is 4.58. The van der Waals surface area contributed by atoms with Crippen LogP contribution in [0.4, 0.5) is 4.39 Å². The Labute approximate surface area is 169 Å². The first-order valence-corrected chi connectivity index (χ1v) is 10.8. The van der Waals surface area contributed by atoms with E-state index in [1.165, 1.54) is 4.31 Å². The molecule has 1 atom stereocenters. The average molecular weight is 422 g/mol. The number of nitrogens with zero attached hydrogens (tertiary/aromatic N) is 1. The van der Waals surface area contributed by atoms with E-state index in [1.807, 2.05) is 6.07 Å². The van der Waals surface area contributed by atoms with Gasteiger partial charge in [0.15, 0.2) is 11.5 Å². The van der Waals surface area contributed by atoms with Gasteiger partial charge in [0.2, 0.25) is 10.0 Å². The van der Waals surface area contributed by atoms with Gasteiger partial charge in [0.05, 0.1) is 17.0 Å². The van der Waals surface area contributed by atoms with Crippen LogP contribution in [-0.4, -0.2) is 51.0 Å². The number of para-hydroxylation sites is 2. The summed E-state index contributed by atoms with van der Waals surface area (Å²) < 4.78 is 52.1. The Morgan fingerprint density at radius 2 is 1.86 bits per heavy atom. The summed E-state index contributed by atoms with van der Waals surface area (Å²) in [6, 6.07) is 10.4. The number of rotatable bonds is 7. The van der Waals surface area contributed by atoms with Gasteiger partial charge in [0.1, 0.15) is 18.5 Å². The maximum absolute atomic E-state index is 14.2. The molecule has 3 rings (SSSR count). The number of fused-ring (bicyclic) bond motifs is 1. The number of carbonyl (C=O) groups excluding carboxylic acids is 1. The summed E-state index contributed by atoms with van der Waals surface area (Å²) in [5.41, 5.74) is -0.338. The lowest BCUT2D eigenvalue weighted by atomic mass is 10.2. The fourth-order valence-corrected chi connectivity index (χ4v) is 4.50. The van der Waals surface area contributed by atoms with Gasteiger partial charge in [-0.2, -0.15) is 4.31 Å². The Hall–Kier alpha value is -2.65. The Bertz CT molecular complexity index is 992. The molecule has 0 spiro atoms. The van der Waals surface area contributed by atoms with Gasteiger partial charge >= 0.3 is 0 Å². The highest BCUT2D eigenvalue weighted by Gasteiger charge is 2.25. The molecule has 1 aliphatic heterocycles. The zero-order valence-corrected chi connectivity index (χ0v) is 17.0. The van der Waals surface area contributed by atoms with Crippen molar-refractivity contribution in [3.63, 3.8) is 0 Å². The van der Waals surface area contributed by atoms with E-state index >= 15 is 0 Å². The Balaban J connectivity index is 1.71. The van der Waals surface area contributed by atoms with Gasteiger partial charge in [0, 0.05) is 13.1 Å². The molecule has 0 aliphatic carbocycles. The molecule has 9 heteroatoms. The molecule has 1 amide bonds. The van der Waals surface area contributed by atoms with Crippen LogP contribution in [0.5, 0.6) is 11.5 Å². The summed E-state index contributed by atoms with van der Waals surface area (Å²) in [6.07, 6.45) is -0.445. The molecule has 0 radical (unpaired) electrons. The molecule has 0 saturated carbocycles. The Morgan fingerprint density at radius 3 is 2.55 bits per heavy atom. The van der Waals surface area contributed by atoms with Crippen LogP contribution in [0.25, 0.3) is 0 Å². The SMILES string of the molecule is CCN(CC)S(=O)(=O)c1ccc(F)c(C(=O)NC[C@@H]2COc3ccccc3O2)c1. The normalized spacial score (nSPS) is 15.9. The monoisotopic (exact) mass is 422 g/mol. The number of nitrogens with one attached hydrogen (secondary N) is 1.